The highest BCUT2D eigenvalue weighted by Crippen LogP contribution is 2.24. The maximum Gasteiger partial charge on any atom is 0.0847 e. The van der Waals surface area contributed by atoms with Crippen molar-refractivity contribution in [2.24, 2.45) is 11.8 Å². The highest BCUT2D eigenvalue weighted by Gasteiger charge is 2.21. The van der Waals surface area contributed by atoms with Gasteiger partial charge in [-0.1, -0.05) is 31.9 Å². The third-order valence-corrected chi connectivity index (χ3v) is 4.00. The van der Waals surface area contributed by atoms with Crippen molar-refractivity contribution in [2.75, 3.05) is 0 Å². The largest absolute Gasteiger partial charge is 0.271 e. The zero-order valence-corrected chi connectivity index (χ0v) is 12.6. The Hall–Kier alpha value is -0.580. The third kappa shape index (κ3) is 3.46. The van der Waals surface area contributed by atoms with Gasteiger partial charge in [0.05, 0.1) is 16.4 Å². The second kappa shape index (κ2) is 7.12. The number of halogens is 1. The van der Waals surface area contributed by atoms with Gasteiger partial charge in [0.2, 0.25) is 0 Å². The molecular formula is C13H25ClN4. The molecule has 1 aromatic rings. The van der Waals surface area contributed by atoms with Crippen molar-refractivity contribution in [1.82, 2.24) is 15.2 Å². The Bertz CT molecular complexity index is 375. The molecule has 5 heteroatoms. The molecule has 2 unspecified atom stereocenters. The van der Waals surface area contributed by atoms with Crippen LogP contribution in [0.25, 0.3) is 0 Å². The van der Waals surface area contributed by atoms with E-state index in [1.807, 2.05) is 11.6 Å². The van der Waals surface area contributed by atoms with E-state index in [4.69, 9.17) is 17.4 Å². The van der Waals surface area contributed by atoms with Crippen LogP contribution in [-0.2, 0) is 13.0 Å². The molecule has 2 atom stereocenters. The summed E-state index contributed by atoms with van der Waals surface area (Å²) in [6.45, 7) is 9.27. The van der Waals surface area contributed by atoms with Gasteiger partial charge in [-0.15, -0.1) is 0 Å². The zero-order chi connectivity index (χ0) is 13.7. The van der Waals surface area contributed by atoms with Gasteiger partial charge in [-0.2, -0.15) is 5.10 Å². The first kappa shape index (κ1) is 15.5. The molecule has 0 radical (unpaired) electrons. The molecule has 0 fully saturated rings. The van der Waals surface area contributed by atoms with E-state index in [1.54, 1.807) is 0 Å². The topological polar surface area (TPSA) is 55.9 Å². The zero-order valence-electron chi connectivity index (χ0n) is 11.8. The van der Waals surface area contributed by atoms with Crippen molar-refractivity contribution in [1.29, 1.82) is 0 Å². The summed E-state index contributed by atoms with van der Waals surface area (Å²) in [5.41, 5.74) is 4.90. The fraction of sp³-hybridized carbons (Fsp3) is 0.769. The van der Waals surface area contributed by atoms with Crippen molar-refractivity contribution < 1.29 is 0 Å². The number of hydrazine groups is 1. The molecule has 1 heterocycles. The number of aryl methyl sites for hydroxylation is 2. The third-order valence-electron chi connectivity index (χ3n) is 3.51. The molecule has 0 aliphatic heterocycles. The minimum atomic E-state index is 0.240. The first-order valence-corrected chi connectivity index (χ1v) is 7.10. The predicted octanol–water partition coefficient (Wildman–Crippen LogP) is 2.68. The standard InChI is InChI=1S/C13H25ClN4/c1-5-7-9(3)11(16-15)8-12-13(14)10(4)17-18(12)6-2/h9,11,16H,5-8,15H2,1-4H3. The second-order valence-electron chi connectivity index (χ2n) is 4.91. The van der Waals surface area contributed by atoms with E-state index >= 15 is 0 Å². The number of nitrogens with two attached hydrogens (primary N) is 1. The Balaban J connectivity index is 2.87. The molecule has 0 aromatic carbocycles. The van der Waals surface area contributed by atoms with E-state index in [-0.39, 0.29) is 6.04 Å². The molecule has 4 nitrogen and oxygen atoms in total. The van der Waals surface area contributed by atoms with Crippen LogP contribution in [0.3, 0.4) is 0 Å². The van der Waals surface area contributed by atoms with Crippen LogP contribution in [0.15, 0.2) is 0 Å². The number of nitrogens with one attached hydrogen (secondary N) is 1. The van der Waals surface area contributed by atoms with Crippen LogP contribution in [0.1, 0.15) is 45.0 Å². The number of hydrogen-bond donors (Lipinski definition) is 2. The van der Waals surface area contributed by atoms with Crippen LogP contribution in [0, 0.1) is 12.8 Å². The summed E-state index contributed by atoms with van der Waals surface area (Å²) < 4.78 is 1.97. The predicted molar refractivity (Wildman–Crippen MR) is 76.5 cm³/mol. The second-order valence-corrected chi connectivity index (χ2v) is 5.28. The summed E-state index contributed by atoms with van der Waals surface area (Å²) in [5.74, 6) is 6.20. The van der Waals surface area contributed by atoms with E-state index in [2.05, 4.69) is 31.3 Å². The summed E-state index contributed by atoms with van der Waals surface area (Å²) in [4.78, 5) is 0. The summed E-state index contributed by atoms with van der Waals surface area (Å²) >= 11 is 6.32. The SMILES string of the molecule is CCCC(C)C(Cc1c(Cl)c(C)nn1CC)NN. The molecule has 0 aliphatic rings. The Morgan fingerprint density at radius 1 is 1.44 bits per heavy atom. The van der Waals surface area contributed by atoms with Crippen molar-refractivity contribution in [3.05, 3.63) is 16.4 Å². The van der Waals surface area contributed by atoms with Crippen LogP contribution < -0.4 is 11.3 Å². The number of hydrogen-bond acceptors (Lipinski definition) is 3. The van der Waals surface area contributed by atoms with Gasteiger partial charge in [-0.05, 0) is 26.2 Å². The fourth-order valence-electron chi connectivity index (χ4n) is 2.35. The quantitative estimate of drug-likeness (QED) is 0.593. The van der Waals surface area contributed by atoms with Crippen LogP contribution in [-0.4, -0.2) is 15.8 Å². The highest BCUT2D eigenvalue weighted by atomic mass is 35.5. The van der Waals surface area contributed by atoms with E-state index in [9.17, 15) is 0 Å². The smallest absolute Gasteiger partial charge is 0.0847 e. The Morgan fingerprint density at radius 3 is 2.61 bits per heavy atom. The first-order chi connectivity index (χ1) is 8.54. The number of rotatable bonds is 7. The van der Waals surface area contributed by atoms with Gasteiger partial charge < -0.3 is 0 Å². The molecule has 104 valence electrons. The van der Waals surface area contributed by atoms with E-state index in [0.29, 0.717) is 5.92 Å². The molecule has 1 rings (SSSR count). The van der Waals surface area contributed by atoms with Crippen molar-refractivity contribution in [3.63, 3.8) is 0 Å². The summed E-state index contributed by atoms with van der Waals surface area (Å²) in [6, 6.07) is 0.240. The van der Waals surface area contributed by atoms with Crippen molar-refractivity contribution in [2.45, 2.75) is 59.5 Å². The van der Waals surface area contributed by atoms with Gasteiger partial charge in [0.15, 0.2) is 0 Å². The fourth-order valence-corrected chi connectivity index (χ4v) is 2.57. The Kier molecular flexibility index (Phi) is 6.12. The monoisotopic (exact) mass is 272 g/mol. The van der Waals surface area contributed by atoms with Gasteiger partial charge >= 0.3 is 0 Å². The van der Waals surface area contributed by atoms with Crippen LogP contribution in [0.4, 0.5) is 0 Å². The lowest BCUT2D eigenvalue weighted by Crippen LogP contribution is -2.42. The van der Waals surface area contributed by atoms with Crippen molar-refractivity contribution in [3.8, 4) is 0 Å². The van der Waals surface area contributed by atoms with Gasteiger partial charge in [0.1, 0.15) is 0 Å². The average Bonchev–Trinajstić information content (AvgIpc) is 2.62. The molecule has 0 amide bonds. The minimum Gasteiger partial charge on any atom is -0.271 e. The molecule has 0 aliphatic carbocycles. The van der Waals surface area contributed by atoms with Crippen LogP contribution in [0.2, 0.25) is 5.02 Å². The van der Waals surface area contributed by atoms with E-state index in [0.717, 1.165) is 35.8 Å². The molecule has 18 heavy (non-hydrogen) atoms. The molecule has 3 N–H and O–H groups in total. The summed E-state index contributed by atoms with van der Waals surface area (Å²) in [7, 11) is 0. The Morgan fingerprint density at radius 2 is 2.11 bits per heavy atom. The van der Waals surface area contributed by atoms with Gasteiger partial charge in [-0.3, -0.25) is 16.0 Å². The average molecular weight is 273 g/mol. The summed E-state index contributed by atoms with van der Waals surface area (Å²) in [5, 5.41) is 5.22. The van der Waals surface area contributed by atoms with Gasteiger partial charge in [-0.25, -0.2) is 0 Å². The minimum absolute atomic E-state index is 0.240. The Labute approximate surface area is 115 Å². The van der Waals surface area contributed by atoms with Crippen LogP contribution in [0.5, 0.6) is 0 Å². The van der Waals surface area contributed by atoms with Gasteiger partial charge in [0, 0.05) is 19.0 Å². The molecule has 1 aromatic heterocycles. The number of nitrogens with zero attached hydrogens (tertiary/aromatic N) is 2. The molecular weight excluding hydrogens is 248 g/mol. The van der Waals surface area contributed by atoms with E-state index < -0.39 is 0 Å². The first-order valence-electron chi connectivity index (χ1n) is 6.72. The van der Waals surface area contributed by atoms with E-state index in [1.165, 1.54) is 6.42 Å². The molecule has 0 saturated carbocycles. The molecule has 0 spiro atoms. The van der Waals surface area contributed by atoms with Crippen molar-refractivity contribution >= 4 is 11.6 Å². The summed E-state index contributed by atoms with van der Waals surface area (Å²) in [6.07, 6.45) is 3.15. The molecule has 0 saturated heterocycles. The molecule has 0 bridgehead atoms. The van der Waals surface area contributed by atoms with Crippen LogP contribution >= 0.6 is 11.6 Å². The normalized spacial score (nSPS) is 14.8. The highest BCUT2D eigenvalue weighted by molar-refractivity contribution is 6.31. The lowest BCUT2D eigenvalue weighted by atomic mass is 9.93. The van der Waals surface area contributed by atoms with Gasteiger partial charge in [0.25, 0.3) is 0 Å². The lowest BCUT2D eigenvalue weighted by Gasteiger charge is -2.23. The lowest BCUT2D eigenvalue weighted by molar-refractivity contribution is 0.350. The maximum absolute atomic E-state index is 6.32. The maximum atomic E-state index is 6.32. The number of aromatic nitrogens is 2.